The van der Waals surface area contributed by atoms with E-state index < -0.39 is 27.5 Å². The highest BCUT2D eigenvalue weighted by Crippen LogP contribution is 2.32. The van der Waals surface area contributed by atoms with E-state index in [1.165, 1.54) is 17.0 Å². The van der Waals surface area contributed by atoms with Gasteiger partial charge in [0.15, 0.2) is 15.0 Å². The maximum absolute atomic E-state index is 13.1. The monoisotopic (exact) mass is 471 g/mol. The number of likely N-dealkylation sites (N-methyl/N-ethyl adjacent to an activating group) is 1. The van der Waals surface area contributed by atoms with Crippen molar-refractivity contribution in [3.63, 3.8) is 0 Å². The van der Waals surface area contributed by atoms with Gasteiger partial charge in [0.1, 0.15) is 0 Å². The smallest absolute Gasteiger partial charge is 0.308 e. The molecule has 0 spiro atoms. The van der Waals surface area contributed by atoms with Gasteiger partial charge in [0.2, 0.25) is 0 Å². The standard InChI is InChI=1S/C20H20F3N3O3S2/c1-25(2)10-11-26(18(27)13-4-6-14(7-5-13)20(21,22)23)19-24-16-9-8-15(31(3,28)29)12-17(16)30-19/h4-9,12H,10-11H2,1-3H3. The first kappa shape index (κ1) is 23.2. The van der Waals surface area contributed by atoms with Gasteiger partial charge in [-0.2, -0.15) is 13.2 Å². The van der Waals surface area contributed by atoms with E-state index in [0.29, 0.717) is 21.9 Å². The van der Waals surface area contributed by atoms with Crippen LogP contribution in [0.1, 0.15) is 15.9 Å². The normalized spacial score (nSPS) is 12.5. The topological polar surface area (TPSA) is 70.6 Å². The number of sulfone groups is 1. The molecular weight excluding hydrogens is 451 g/mol. The van der Waals surface area contributed by atoms with Gasteiger partial charge in [-0.25, -0.2) is 13.4 Å². The van der Waals surface area contributed by atoms with Crippen molar-refractivity contribution in [3.8, 4) is 0 Å². The van der Waals surface area contributed by atoms with E-state index in [1.54, 1.807) is 6.07 Å². The zero-order chi connectivity index (χ0) is 23.0. The molecule has 0 bridgehead atoms. The number of halogens is 3. The molecular formula is C20H20F3N3O3S2. The van der Waals surface area contributed by atoms with Gasteiger partial charge >= 0.3 is 6.18 Å². The minimum atomic E-state index is -4.49. The number of carbonyl (C=O) groups is 1. The second kappa shape index (κ2) is 8.56. The zero-order valence-corrected chi connectivity index (χ0v) is 18.6. The number of anilines is 1. The molecule has 166 valence electrons. The van der Waals surface area contributed by atoms with Crippen molar-refractivity contribution in [3.05, 3.63) is 53.6 Å². The summed E-state index contributed by atoms with van der Waals surface area (Å²) in [6, 6.07) is 8.54. The van der Waals surface area contributed by atoms with Crippen molar-refractivity contribution >= 4 is 42.4 Å². The summed E-state index contributed by atoms with van der Waals surface area (Å²) in [6.07, 6.45) is -3.38. The number of hydrogen-bond donors (Lipinski definition) is 0. The van der Waals surface area contributed by atoms with E-state index in [4.69, 9.17) is 0 Å². The Morgan fingerprint density at radius 2 is 1.71 bits per heavy atom. The summed E-state index contributed by atoms with van der Waals surface area (Å²) in [6.45, 7) is 0.752. The second-order valence-electron chi connectivity index (χ2n) is 7.23. The highest BCUT2D eigenvalue weighted by atomic mass is 32.2. The van der Waals surface area contributed by atoms with Crippen LogP contribution in [0.25, 0.3) is 10.2 Å². The van der Waals surface area contributed by atoms with E-state index in [1.807, 2.05) is 19.0 Å². The van der Waals surface area contributed by atoms with Gasteiger partial charge in [-0.3, -0.25) is 9.69 Å². The van der Waals surface area contributed by atoms with Crippen LogP contribution in [0, 0.1) is 0 Å². The molecule has 0 atom stereocenters. The third kappa shape index (κ3) is 5.41. The summed E-state index contributed by atoms with van der Waals surface area (Å²) in [5.41, 5.74) is -0.206. The van der Waals surface area contributed by atoms with Gasteiger partial charge < -0.3 is 4.90 Å². The number of thiazole rings is 1. The summed E-state index contributed by atoms with van der Waals surface area (Å²) < 4.78 is 62.7. The third-order valence-electron chi connectivity index (χ3n) is 4.48. The predicted octanol–water partition coefficient (Wildman–Crippen LogP) is 3.93. The fourth-order valence-electron chi connectivity index (χ4n) is 2.78. The van der Waals surface area contributed by atoms with Crippen molar-refractivity contribution in [2.24, 2.45) is 0 Å². The van der Waals surface area contributed by atoms with Crippen molar-refractivity contribution in [1.29, 1.82) is 0 Å². The molecule has 3 rings (SSSR count). The van der Waals surface area contributed by atoms with Crippen molar-refractivity contribution in [1.82, 2.24) is 9.88 Å². The summed E-state index contributed by atoms with van der Waals surface area (Å²) in [4.78, 5) is 21.0. The molecule has 0 saturated carbocycles. The minimum Gasteiger partial charge on any atom is -0.308 e. The van der Waals surface area contributed by atoms with E-state index in [2.05, 4.69) is 4.98 Å². The number of hydrogen-bond acceptors (Lipinski definition) is 6. The lowest BCUT2D eigenvalue weighted by atomic mass is 10.1. The summed E-state index contributed by atoms with van der Waals surface area (Å²) in [7, 11) is 0.259. The fraction of sp³-hybridized carbons (Fsp3) is 0.300. The van der Waals surface area contributed by atoms with Crippen LogP contribution in [0.3, 0.4) is 0 Å². The van der Waals surface area contributed by atoms with Gasteiger partial charge in [0.25, 0.3) is 5.91 Å². The van der Waals surface area contributed by atoms with E-state index in [0.717, 1.165) is 41.9 Å². The summed E-state index contributed by atoms with van der Waals surface area (Å²) in [5.74, 6) is -0.488. The van der Waals surface area contributed by atoms with Crippen LogP contribution in [0.4, 0.5) is 18.3 Å². The molecule has 0 aliphatic rings. The molecule has 0 unspecified atom stereocenters. The van der Waals surface area contributed by atoms with Gasteiger partial charge in [-0.15, -0.1) is 0 Å². The highest BCUT2D eigenvalue weighted by Gasteiger charge is 2.31. The Balaban J connectivity index is 1.99. The molecule has 0 aliphatic carbocycles. The van der Waals surface area contributed by atoms with E-state index >= 15 is 0 Å². The third-order valence-corrected chi connectivity index (χ3v) is 6.63. The number of nitrogens with zero attached hydrogens (tertiary/aromatic N) is 3. The molecule has 0 N–H and O–H groups in total. The van der Waals surface area contributed by atoms with Crippen LogP contribution in [-0.4, -0.2) is 57.6 Å². The van der Waals surface area contributed by atoms with Crippen LogP contribution in [-0.2, 0) is 16.0 Å². The Labute approximate surface area is 181 Å². The number of aromatic nitrogens is 1. The van der Waals surface area contributed by atoms with E-state index in [-0.39, 0.29) is 17.0 Å². The molecule has 11 heteroatoms. The molecule has 0 saturated heterocycles. The van der Waals surface area contributed by atoms with Gasteiger partial charge in [0, 0.05) is 24.9 Å². The number of rotatable bonds is 6. The Morgan fingerprint density at radius 1 is 1.06 bits per heavy atom. The first-order valence-corrected chi connectivity index (χ1v) is 11.8. The minimum absolute atomic E-state index is 0.0998. The van der Waals surface area contributed by atoms with Crippen molar-refractivity contribution < 1.29 is 26.4 Å². The molecule has 0 fully saturated rings. The molecule has 3 aromatic rings. The van der Waals surface area contributed by atoms with Crippen LogP contribution >= 0.6 is 11.3 Å². The van der Waals surface area contributed by atoms with Gasteiger partial charge in [0.05, 0.1) is 20.7 Å². The van der Waals surface area contributed by atoms with Crippen LogP contribution in [0.2, 0.25) is 0 Å². The Morgan fingerprint density at radius 3 is 2.26 bits per heavy atom. The lowest BCUT2D eigenvalue weighted by Gasteiger charge is -2.22. The molecule has 1 amide bonds. The molecule has 0 radical (unpaired) electrons. The zero-order valence-electron chi connectivity index (χ0n) is 17.0. The van der Waals surface area contributed by atoms with Crippen molar-refractivity contribution in [2.45, 2.75) is 11.1 Å². The SMILES string of the molecule is CN(C)CCN(C(=O)c1ccc(C(F)(F)F)cc1)c1nc2ccc(S(C)(=O)=O)cc2s1. The highest BCUT2D eigenvalue weighted by molar-refractivity contribution is 7.90. The predicted molar refractivity (Wildman–Crippen MR) is 114 cm³/mol. The second-order valence-corrected chi connectivity index (χ2v) is 10.3. The number of carbonyl (C=O) groups excluding carboxylic acids is 1. The molecule has 6 nitrogen and oxygen atoms in total. The van der Waals surface area contributed by atoms with Crippen LogP contribution < -0.4 is 4.90 Å². The fourth-order valence-corrected chi connectivity index (χ4v) is 4.53. The Kier molecular flexibility index (Phi) is 6.40. The maximum Gasteiger partial charge on any atom is 0.416 e. The van der Waals surface area contributed by atoms with Crippen LogP contribution in [0.5, 0.6) is 0 Å². The molecule has 0 aliphatic heterocycles. The number of fused-ring (bicyclic) bond motifs is 1. The Bertz CT molecular complexity index is 1200. The number of alkyl halides is 3. The first-order chi connectivity index (χ1) is 14.4. The van der Waals surface area contributed by atoms with Gasteiger partial charge in [-0.1, -0.05) is 11.3 Å². The average molecular weight is 472 g/mol. The molecule has 1 heterocycles. The van der Waals surface area contributed by atoms with E-state index in [9.17, 15) is 26.4 Å². The first-order valence-electron chi connectivity index (χ1n) is 9.11. The Hall–Kier alpha value is -2.50. The summed E-state index contributed by atoms with van der Waals surface area (Å²) >= 11 is 1.15. The lowest BCUT2D eigenvalue weighted by molar-refractivity contribution is -0.137. The largest absolute Gasteiger partial charge is 0.416 e. The number of benzene rings is 2. The van der Waals surface area contributed by atoms with Crippen molar-refractivity contribution in [2.75, 3.05) is 38.3 Å². The molecule has 31 heavy (non-hydrogen) atoms. The maximum atomic E-state index is 13.1. The molecule has 1 aromatic heterocycles. The van der Waals surface area contributed by atoms with Gasteiger partial charge in [-0.05, 0) is 56.6 Å². The van der Waals surface area contributed by atoms with Crippen LogP contribution in [0.15, 0.2) is 47.4 Å². The average Bonchev–Trinajstić information content (AvgIpc) is 3.09. The quantitative estimate of drug-likeness (QED) is 0.545. The number of amides is 1. The summed E-state index contributed by atoms with van der Waals surface area (Å²) in [5, 5.41) is 0.340. The lowest BCUT2D eigenvalue weighted by Crippen LogP contribution is -2.36. The molecule has 2 aromatic carbocycles.